The van der Waals surface area contributed by atoms with Crippen molar-refractivity contribution in [1.82, 2.24) is 5.32 Å². The fourth-order valence-electron chi connectivity index (χ4n) is 3.42. The van der Waals surface area contributed by atoms with Crippen LogP contribution in [0.15, 0.2) is 42.5 Å². The first-order valence-electron chi connectivity index (χ1n) is 9.46. The monoisotopic (exact) mass is 382 g/mol. The highest BCUT2D eigenvalue weighted by Crippen LogP contribution is 2.27. The van der Waals surface area contributed by atoms with E-state index in [-0.39, 0.29) is 18.4 Å². The second-order valence-electron chi connectivity index (χ2n) is 6.75. The molecule has 1 fully saturated rings. The Hall–Kier alpha value is -3.02. The molecule has 1 saturated heterocycles. The molecule has 1 atom stereocenters. The predicted octanol–water partition coefficient (Wildman–Crippen LogP) is 2.94. The molecule has 6 heteroatoms. The molecule has 1 aliphatic rings. The van der Waals surface area contributed by atoms with Crippen molar-refractivity contribution in [3.05, 3.63) is 53.6 Å². The predicted molar refractivity (Wildman–Crippen MR) is 108 cm³/mol. The van der Waals surface area contributed by atoms with Gasteiger partial charge in [-0.3, -0.25) is 9.59 Å². The minimum Gasteiger partial charge on any atom is -0.497 e. The van der Waals surface area contributed by atoms with Crippen LogP contribution in [-0.2, 0) is 22.6 Å². The normalized spacial score (nSPS) is 16.2. The molecule has 0 unspecified atom stereocenters. The minimum atomic E-state index is -0.664. The van der Waals surface area contributed by atoms with E-state index in [0.717, 1.165) is 17.7 Å². The van der Waals surface area contributed by atoms with Crippen LogP contribution < -0.4 is 19.7 Å². The average molecular weight is 382 g/mol. The second-order valence-corrected chi connectivity index (χ2v) is 6.75. The summed E-state index contributed by atoms with van der Waals surface area (Å²) >= 11 is 0. The van der Waals surface area contributed by atoms with Gasteiger partial charge < -0.3 is 19.7 Å². The second kappa shape index (κ2) is 8.78. The molecule has 0 aliphatic carbocycles. The van der Waals surface area contributed by atoms with E-state index in [1.165, 1.54) is 5.56 Å². The number of amides is 2. The van der Waals surface area contributed by atoms with Crippen LogP contribution in [0.2, 0.25) is 0 Å². The number of nitrogens with one attached hydrogen (secondary N) is 1. The molecule has 0 radical (unpaired) electrons. The number of ether oxygens (including phenoxy) is 2. The molecule has 1 N–H and O–H groups in total. The molecule has 6 nitrogen and oxygen atoms in total. The molecule has 28 heavy (non-hydrogen) atoms. The van der Waals surface area contributed by atoms with Gasteiger partial charge in [-0.15, -0.1) is 0 Å². The Bertz CT molecular complexity index is 848. The number of carbonyl (C=O) groups is 2. The first-order valence-corrected chi connectivity index (χ1v) is 9.46. The summed E-state index contributed by atoms with van der Waals surface area (Å²) in [5.74, 6) is 0.268. The van der Waals surface area contributed by atoms with Gasteiger partial charge in [-0.2, -0.15) is 0 Å². The Labute approximate surface area is 165 Å². The molecule has 1 aliphatic heterocycles. The maximum Gasteiger partial charge on any atom is 0.239 e. The van der Waals surface area contributed by atoms with Crippen molar-refractivity contribution in [3.63, 3.8) is 0 Å². The van der Waals surface area contributed by atoms with Gasteiger partial charge in [0.2, 0.25) is 11.8 Å². The zero-order valence-electron chi connectivity index (χ0n) is 16.5. The third-order valence-electron chi connectivity index (χ3n) is 5.12. The summed E-state index contributed by atoms with van der Waals surface area (Å²) in [4.78, 5) is 27.1. The van der Waals surface area contributed by atoms with E-state index < -0.39 is 5.92 Å². The first kappa shape index (κ1) is 19.7. The Balaban J connectivity index is 1.64. The molecule has 0 bridgehead atoms. The maximum atomic E-state index is 12.8. The molecule has 0 spiro atoms. The van der Waals surface area contributed by atoms with Crippen LogP contribution in [0.1, 0.15) is 24.5 Å². The van der Waals surface area contributed by atoms with Crippen molar-refractivity contribution in [1.29, 1.82) is 0 Å². The Morgan fingerprint density at radius 1 is 1.14 bits per heavy atom. The highest BCUT2D eigenvalue weighted by Gasteiger charge is 2.37. The van der Waals surface area contributed by atoms with Crippen LogP contribution in [0.5, 0.6) is 11.5 Å². The van der Waals surface area contributed by atoms with E-state index in [1.807, 2.05) is 30.3 Å². The molecule has 2 aromatic carbocycles. The smallest absolute Gasteiger partial charge is 0.239 e. The number of anilines is 1. The van der Waals surface area contributed by atoms with Crippen molar-refractivity contribution < 1.29 is 19.1 Å². The molecule has 148 valence electrons. The largest absolute Gasteiger partial charge is 0.497 e. The van der Waals surface area contributed by atoms with Crippen LogP contribution in [-0.4, -0.2) is 32.6 Å². The molecular weight excluding hydrogens is 356 g/mol. The highest BCUT2D eigenvalue weighted by atomic mass is 16.5. The van der Waals surface area contributed by atoms with Gasteiger partial charge in [0.05, 0.1) is 14.2 Å². The lowest BCUT2D eigenvalue weighted by atomic mass is 10.1. The molecule has 1 heterocycles. The summed E-state index contributed by atoms with van der Waals surface area (Å²) < 4.78 is 10.6. The summed E-state index contributed by atoms with van der Waals surface area (Å²) in [6, 6.07) is 13.3. The van der Waals surface area contributed by atoms with Crippen molar-refractivity contribution in [2.75, 3.05) is 25.7 Å². The lowest BCUT2D eigenvalue weighted by Gasteiger charge is -2.17. The molecule has 0 aromatic heterocycles. The summed E-state index contributed by atoms with van der Waals surface area (Å²) in [5, 5.41) is 2.87. The zero-order chi connectivity index (χ0) is 20.1. The highest BCUT2D eigenvalue weighted by molar-refractivity contribution is 6.09. The van der Waals surface area contributed by atoms with Crippen LogP contribution in [0.3, 0.4) is 0 Å². The number of rotatable bonds is 7. The third kappa shape index (κ3) is 4.11. The maximum absolute atomic E-state index is 12.8. The quantitative estimate of drug-likeness (QED) is 0.748. The molecule has 0 saturated carbocycles. The van der Waals surface area contributed by atoms with E-state index in [2.05, 4.69) is 12.2 Å². The Morgan fingerprint density at radius 2 is 1.89 bits per heavy atom. The molecule has 2 amide bonds. The van der Waals surface area contributed by atoms with Crippen molar-refractivity contribution in [2.24, 2.45) is 5.92 Å². The molecule has 3 rings (SSSR count). The molecule has 2 aromatic rings. The Kier molecular flexibility index (Phi) is 6.19. The number of nitrogens with zero attached hydrogens (tertiary/aromatic N) is 1. The average Bonchev–Trinajstić information content (AvgIpc) is 3.13. The zero-order valence-corrected chi connectivity index (χ0v) is 16.5. The van der Waals surface area contributed by atoms with Gasteiger partial charge >= 0.3 is 0 Å². The van der Waals surface area contributed by atoms with Crippen LogP contribution >= 0.6 is 0 Å². The van der Waals surface area contributed by atoms with E-state index >= 15 is 0 Å². The number of hydrogen-bond donors (Lipinski definition) is 1. The van der Waals surface area contributed by atoms with E-state index in [9.17, 15) is 9.59 Å². The van der Waals surface area contributed by atoms with Crippen molar-refractivity contribution in [2.45, 2.75) is 26.3 Å². The van der Waals surface area contributed by atoms with Gasteiger partial charge in [0.25, 0.3) is 0 Å². The lowest BCUT2D eigenvalue weighted by molar-refractivity contribution is -0.132. The fourth-order valence-corrected chi connectivity index (χ4v) is 3.42. The summed E-state index contributed by atoms with van der Waals surface area (Å²) in [7, 11) is 3.16. The number of benzene rings is 2. The Morgan fingerprint density at radius 3 is 2.54 bits per heavy atom. The summed E-state index contributed by atoms with van der Waals surface area (Å²) in [6.07, 6.45) is 1.46. The van der Waals surface area contributed by atoms with Crippen LogP contribution in [0, 0.1) is 5.92 Å². The standard InChI is InChI=1S/C22H26N2O4/c1-4-15-5-7-17(8-6-15)24-12-11-19(22(24)26)21(25)23-14-16-13-18(27-2)9-10-20(16)28-3/h5-10,13,19H,4,11-12,14H2,1-3H3,(H,23,25)/t19-/m0/s1. The minimum absolute atomic E-state index is 0.153. The summed E-state index contributed by atoms with van der Waals surface area (Å²) in [5.41, 5.74) is 2.86. The SMILES string of the molecule is CCc1ccc(N2CC[C@@H](C(=O)NCc3cc(OC)ccc3OC)C2=O)cc1. The van der Waals surface area contributed by atoms with Gasteiger partial charge in [-0.05, 0) is 48.7 Å². The van der Waals surface area contributed by atoms with Crippen molar-refractivity contribution in [3.8, 4) is 11.5 Å². The van der Waals surface area contributed by atoms with E-state index in [1.54, 1.807) is 31.3 Å². The van der Waals surface area contributed by atoms with Gasteiger partial charge in [-0.1, -0.05) is 19.1 Å². The third-order valence-corrected chi connectivity index (χ3v) is 5.12. The molecular formula is C22H26N2O4. The van der Waals surface area contributed by atoms with E-state index in [4.69, 9.17) is 9.47 Å². The van der Waals surface area contributed by atoms with Gasteiger partial charge in [0.1, 0.15) is 17.4 Å². The van der Waals surface area contributed by atoms with Crippen molar-refractivity contribution >= 4 is 17.5 Å². The number of methoxy groups -OCH3 is 2. The summed E-state index contributed by atoms with van der Waals surface area (Å²) in [6.45, 7) is 2.91. The lowest BCUT2D eigenvalue weighted by Crippen LogP contribution is -2.36. The van der Waals surface area contributed by atoms with Gasteiger partial charge in [-0.25, -0.2) is 0 Å². The number of carbonyl (C=O) groups excluding carboxylic acids is 2. The van der Waals surface area contributed by atoms with E-state index in [0.29, 0.717) is 24.5 Å². The van der Waals surface area contributed by atoms with Crippen LogP contribution in [0.4, 0.5) is 5.69 Å². The number of hydrogen-bond acceptors (Lipinski definition) is 4. The first-order chi connectivity index (χ1) is 13.6. The fraction of sp³-hybridized carbons (Fsp3) is 0.364. The topological polar surface area (TPSA) is 67.9 Å². The van der Waals surface area contributed by atoms with Crippen LogP contribution in [0.25, 0.3) is 0 Å². The van der Waals surface area contributed by atoms with Gasteiger partial charge in [0.15, 0.2) is 0 Å². The number of aryl methyl sites for hydroxylation is 1. The van der Waals surface area contributed by atoms with Gasteiger partial charge in [0, 0.05) is 24.3 Å².